The summed E-state index contributed by atoms with van der Waals surface area (Å²) in [5.74, 6) is 0.0320. The number of carbonyl (C=O) groups excluding carboxylic acids is 1. The molecule has 0 spiro atoms. The number of unbranched alkanes of at least 4 members (excludes halogenated alkanes) is 2. The Morgan fingerprint density at radius 1 is 1.16 bits per heavy atom. The standard InChI is InChI=1S/C16H26N2O/c1-5-6-10-13-17-18(16(2,3)4)15(19)14-11-8-7-9-12-14/h7-9,11-12,17H,5-6,10,13H2,1-4H3. The Bertz CT molecular complexity index is 381. The molecule has 0 aliphatic heterocycles. The van der Waals surface area contributed by atoms with Crippen molar-refractivity contribution in [3.8, 4) is 0 Å². The average Bonchev–Trinajstić information content (AvgIpc) is 2.37. The summed E-state index contributed by atoms with van der Waals surface area (Å²) < 4.78 is 0. The molecule has 0 bridgehead atoms. The number of amides is 1. The highest BCUT2D eigenvalue weighted by atomic mass is 16.2. The van der Waals surface area contributed by atoms with Gasteiger partial charge in [0.25, 0.3) is 5.91 Å². The molecule has 0 saturated heterocycles. The van der Waals surface area contributed by atoms with E-state index in [-0.39, 0.29) is 11.4 Å². The zero-order valence-electron chi connectivity index (χ0n) is 12.6. The number of benzene rings is 1. The zero-order chi connectivity index (χ0) is 14.3. The molecule has 1 N–H and O–H groups in total. The van der Waals surface area contributed by atoms with Gasteiger partial charge in [-0.05, 0) is 39.3 Å². The third-order valence-corrected chi connectivity index (χ3v) is 2.94. The fraction of sp³-hybridized carbons (Fsp3) is 0.562. The van der Waals surface area contributed by atoms with E-state index in [1.54, 1.807) is 5.01 Å². The van der Waals surface area contributed by atoms with Crippen LogP contribution in [0.5, 0.6) is 0 Å². The summed E-state index contributed by atoms with van der Waals surface area (Å²) in [5.41, 5.74) is 3.76. The first kappa shape index (κ1) is 15.7. The molecule has 0 radical (unpaired) electrons. The maximum atomic E-state index is 12.5. The predicted molar refractivity (Wildman–Crippen MR) is 79.9 cm³/mol. The minimum Gasteiger partial charge on any atom is -0.269 e. The number of carbonyl (C=O) groups is 1. The number of hydrogen-bond acceptors (Lipinski definition) is 2. The lowest BCUT2D eigenvalue weighted by Crippen LogP contribution is -2.54. The Kier molecular flexibility index (Phi) is 6.03. The maximum Gasteiger partial charge on any atom is 0.268 e. The third kappa shape index (κ3) is 5.03. The molecule has 3 nitrogen and oxygen atoms in total. The summed E-state index contributed by atoms with van der Waals surface area (Å²) in [6, 6.07) is 9.42. The average molecular weight is 262 g/mol. The van der Waals surface area contributed by atoms with Gasteiger partial charge in [-0.1, -0.05) is 38.0 Å². The third-order valence-electron chi connectivity index (χ3n) is 2.94. The van der Waals surface area contributed by atoms with Gasteiger partial charge < -0.3 is 0 Å². The molecule has 1 aromatic rings. The van der Waals surface area contributed by atoms with E-state index in [4.69, 9.17) is 0 Å². The SMILES string of the molecule is CCCCCNN(C(=O)c1ccccc1)C(C)(C)C. The first-order chi connectivity index (χ1) is 8.96. The molecule has 1 rings (SSSR count). The van der Waals surface area contributed by atoms with Crippen molar-refractivity contribution < 1.29 is 4.79 Å². The van der Waals surface area contributed by atoms with Gasteiger partial charge in [-0.2, -0.15) is 0 Å². The highest BCUT2D eigenvalue weighted by Gasteiger charge is 2.26. The van der Waals surface area contributed by atoms with Gasteiger partial charge in [0.2, 0.25) is 0 Å². The lowest BCUT2D eigenvalue weighted by Gasteiger charge is -2.36. The number of hydrogen-bond donors (Lipinski definition) is 1. The first-order valence-corrected chi connectivity index (χ1v) is 7.10. The van der Waals surface area contributed by atoms with Crippen molar-refractivity contribution >= 4 is 5.91 Å². The Balaban J connectivity index is 2.72. The number of nitrogens with one attached hydrogen (secondary N) is 1. The van der Waals surface area contributed by atoms with Gasteiger partial charge in [0.1, 0.15) is 0 Å². The van der Waals surface area contributed by atoms with Crippen molar-refractivity contribution in [3.63, 3.8) is 0 Å². The van der Waals surface area contributed by atoms with Gasteiger partial charge in [-0.3, -0.25) is 9.80 Å². The first-order valence-electron chi connectivity index (χ1n) is 7.10. The highest BCUT2D eigenvalue weighted by molar-refractivity contribution is 5.94. The molecular weight excluding hydrogens is 236 g/mol. The lowest BCUT2D eigenvalue weighted by molar-refractivity contribution is 0.0400. The Labute approximate surface area is 117 Å². The molecule has 0 unspecified atom stereocenters. The van der Waals surface area contributed by atoms with Crippen LogP contribution < -0.4 is 5.43 Å². The van der Waals surface area contributed by atoms with Crippen LogP contribution in [0, 0.1) is 0 Å². The van der Waals surface area contributed by atoms with E-state index in [2.05, 4.69) is 12.3 Å². The minimum absolute atomic E-state index is 0.0320. The van der Waals surface area contributed by atoms with Crippen LogP contribution in [0.3, 0.4) is 0 Å². The molecule has 0 saturated carbocycles. The van der Waals surface area contributed by atoms with Crippen molar-refractivity contribution in [1.29, 1.82) is 0 Å². The molecule has 106 valence electrons. The predicted octanol–water partition coefficient (Wildman–Crippen LogP) is 3.62. The largest absolute Gasteiger partial charge is 0.269 e. The Hall–Kier alpha value is -1.35. The van der Waals surface area contributed by atoms with Crippen LogP contribution in [-0.4, -0.2) is 23.0 Å². The van der Waals surface area contributed by atoms with Crippen molar-refractivity contribution in [1.82, 2.24) is 10.4 Å². The van der Waals surface area contributed by atoms with Crippen LogP contribution in [0.4, 0.5) is 0 Å². The molecule has 19 heavy (non-hydrogen) atoms. The molecular formula is C16H26N2O. The highest BCUT2D eigenvalue weighted by Crippen LogP contribution is 2.15. The molecule has 0 aromatic heterocycles. The van der Waals surface area contributed by atoms with E-state index in [1.807, 2.05) is 51.1 Å². The monoisotopic (exact) mass is 262 g/mol. The van der Waals surface area contributed by atoms with Crippen molar-refractivity contribution in [2.75, 3.05) is 6.54 Å². The van der Waals surface area contributed by atoms with Gasteiger partial charge in [0, 0.05) is 12.1 Å². The van der Waals surface area contributed by atoms with Crippen LogP contribution in [0.15, 0.2) is 30.3 Å². The molecule has 0 heterocycles. The van der Waals surface area contributed by atoms with Gasteiger partial charge in [0.15, 0.2) is 0 Å². The maximum absolute atomic E-state index is 12.5. The molecule has 3 heteroatoms. The summed E-state index contributed by atoms with van der Waals surface area (Å²) >= 11 is 0. The van der Waals surface area contributed by atoms with E-state index >= 15 is 0 Å². The fourth-order valence-corrected chi connectivity index (χ4v) is 1.89. The van der Waals surface area contributed by atoms with Crippen LogP contribution in [0.1, 0.15) is 57.3 Å². The second-order valence-electron chi connectivity index (χ2n) is 5.79. The fourth-order valence-electron chi connectivity index (χ4n) is 1.89. The smallest absolute Gasteiger partial charge is 0.268 e. The summed E-state index contributed by atoms with van der Waals surface area (Å²) in [6.45, 7) is 9.14. The van der Waals surface area contributed by atoms with Crippen LogP contribution >= 0.6 is 0 Å². The molecule has 0 fully saturated rings. The van der Waals surface area contributed by atoms with Gasteiger partial charge in [-0.25, -0.2) is 5.43 Å². The van der Waals surface area contributed by atoms with Crippen LogP contribution in [0.25, 0.3) is 0 Å². The van der Waals surface area contributed by atoms with E-state index in [9.17, 15) is 4.79 Å². The number of nitrogens with zero attached hydrogens (tertiary/aromatic N) is 1. The summed E-state index contributed by atoms with van der Waals surface area (Å²) in [5, 5.41) is 1.75. The second kappa shape index (κ2) is 7.29. The van der Waals surface area contributed by atoms with Crippen molar-refractivity contribution in [2.45, 2.75) is 52.5 Å². The van der Waals surface area contributed by atoms with Crippen molar-refractivity contribution in [2.24, 2.45) is 0 Å². The van der Waals surface area contributed by atoms with Gasteiger partial charge in [0.05, 0.1) is 5.54 Å². The summed E-state index contributed by atoms with van der Waals surface area (Å²) in [7, 11) is 0. The number of rotatable bonds is 6. The Morgan fingerprint density at radius 2 is 1.79 bits per heavy atom. The lowest BCUT2D eigenvalue weighted by atomic mass is 10.1. The minimum atomic E-state index is -0.237. The molecule has 0 aliphatic rings. The Morgan fingerprint density at radius 3 is 2.32 bits per heavy atom. The van der Waals surface area contributed by atoms with Crippen LogP contribution in [0.2, 0.25) is 0 Å². The molecule has 1 amide bonds. The second-order valence-corrected chi connectivity index (χ2v) is 5.79. The van der Waals surface area contributed by atoms with E-state index < -0.39 is 0 Å². The van der Waals surface area contributed by atoms with E-state index in [0.717, 1.165) is 18.5 Å². The van der Waals surface area contributed by atoms with Gasteiger partial charge >= 0.3 is 0 Å². The zero-order valence-corrected chi connectivity index (χ0v) is 12.6. The van der Waals surface area contributed by atoms with Crippen LogP contribution in [-0.2, 0) is 0 Å². The van der Waals surface area contributed by atoms with E-state index in [0.29, 0.717) is 0 Å². The summed E-state index contributed by atoms with van der Waals surface area (Å²) in [6.07, 6.45) is 3.46. The van der Waals surface area contributed by atoms with E-state index in [1.165, 1.54) is 12.8 Å². The van der Waals surface area contributed by atoms with Gasteiger partial charge in [-0.15, -0.1) is 0 Å². The summed E-state index contributed by atoms with van der Waals surface area (Å²) in [4.78, 5) is 12.5. The molecule has 0 atom stereocenters. The molecule has 0 aliphatic carbocycles. The number of hydrazine groups is 1. The molecule has 1 aromatic carbocycles. The van der Waals surface area contributed by atoms with Crippen molar-refractivity contribution in [3.05, 3.63) is 35.9 Å². The topological polar surface area (TPSA) is 32.3 Å². The quantitative estimate of drug-likeness (QED) is 0.627. The normalized spacial score (nSPS) is 11.4.